The van der Waals surface area contributed by atoms with Crippen molar-refractivity contribution >= 4 is 27.3 Å². The van der Waals surface area contributed by atoms with E-state index in [2.05, 4.69) is 5.32 Å². The molecule has 3 rings (SSSR count). The molecule has 0 bridgehead atoms. The fourth-order valence-electron chi connectivity index (χ4n) is 3.09. The van der Waals surface area contributed by atoms with Gasteiger partial charge >= 0.3 is 0 Å². The second-order valence-electron chi connectivity index (χ2n) is 6.64. The Morgan fingerprint density at radius 2 is 1.93 bits per heavy atom. The Hall–Kier alpha value is -2.81. The van der Waals surface area contributed by atoms with E-state index in [9.17, 15) is 26.8 Å². The fourth-order valence-corrected chi connectivity index (χ4v) is 3.74. The zero-order valence-electron chi connectivity index (χ0n) is 15.0. The van der Waals surface area contributed by atoms with Crippen LogP contribution in [0.5, 0.6) is 0 Å². The van der Waals surface area contributed by atoms with Gasteiger partial charge in [-0.2, -0.15) is 0 Å². The van der Waals surface area contributed by atoms with Crippen molar-refractivity contribution in [1.29, 1.82) is 0 Å². The van der Waals surface area contributed by atoms with Crippen molar-refractivity contribution in [2.45, 2.75) is 19.0 Å². The summed E-state index contributed by atoms with van der Waals surface area (Å²) >= 11 is 0. The van der Waals surface area contributed by atoms with Gasteiger partial charge in [0, 0.05) is 24.4 Å². The first-order valence-corrected chi connectivity index (χ1v) is 10.5. The zero-order chi connectivity index (χ0) is 20.5. The van der Waals surface area contributed by atoms with Crippen molar-refractivity contribution < 1.29 is 26.8 Å². The Balaban J connectivity index is 1.88. The molecule has 0 spiro atoms. The quantitative estimate of drug-likeness (QED) is 0.796. The van der Waals surface area contributed by atoms with E-state index in [1.807, 2.05) is 0 Å². The third kappa shape index (κ3) is 4.36. The topological polar surface area (TPSA) is 83.6 Å². The first kappa shape index (κ1) is 19.9. The van der Waals surface area contributed by atoms with E-state index >= 15 is 0 Å². The van der Waals surface area contributed by atoms with Crippen LogP contribution in [0, 0.1) is 11.6 Å². The van der Waals surface area contributed by atoms with Gasteiger partial charge in [-0.15, -0.1) is 0 Å². The second kappa shape index (κ2) is 7.67. The summed E-state index contributed by atoms with van der Waals surface area (Å²) in [6.45, 7) is 0.127. The molecule has 0 radical (unpaired) electrons. The van der Waals surface area contributed by atoms with Gasteiger partial charge in [0.25, 0.3) is 5.91 Å². The number of anilines is 1. The van der Waals surface area contributed by atoms with Crippen LogP contribution in [0.4, 0.5) is 14.5 Å². The minimum absolute atomic E-state index is 0.127. The van der Waals surface area contributed by atoms with Crippen LogP contribution >= 0.6 is 0 Å². The molecule has 2 amide bonds. The normalized spacial score (nSPS) is 14.7. The summed E-state index contributed by atoms with van der Waals surface area (Å²) in [5.41, 5.74) is 0.761. The predicted octanol–water partition coefficient (Wildman–Crippen LogP) is 2.36. The molecule has 1 N–H and O–H groups in total. The summed E-state index contributed by atoms with van der Waals surface area (Å²) in [6, 6.07) is 8.25. The molecule has 148 valence electrons. The van der Waals surface area contributed by atoms with E-state index in [0.29, 0.717) is 11.1 Å². The smallest absolute Gasteiger partial charge is 0.255 e. The average molecular weight is 408 g/mol. The molecule has 2 aromatic rings. The summed E-state index contributed by atoms with van der Waals surface area (Å²) < 4.78 is 50.4. The SMILES string of the molecule is CS(=O)(=O)CC[C@@H](C(=O)Nc1cc(F)ccc1F)N1Cc2ccccc2C1=O. The van der Waals surface area contributed by atoms with Gasteiger partial charge in [-0.1, -0.05) is 18.2 Å². The summed E-state index contributed by atoms with van der Waals surface area (Å²) in [5.74, 6) is -3.11. The molecule has 1 aliphatic heterocycles. The van der Waals surface area contributed by atoms with Crippen LogP contribution in [0.2, 0.25) is 0 Å². The largest absolute Gasteiger partial charge is 0.322 e. The molecule has 28 heavy (non-hydrogen) atoms. The number of nitrogens with one attached hydrogen (secondary N) is 1. The van der Waals surface area contributed by atoms with Crippen LogP contribution in [0.25, 0.3) is 0 Å². The number of fused-ring (bicyclic) bond motifs is 1. The Morgan fingerprint density at radius 3 is 2.61 bits per heavy atom. The number of carbonyl (C=O) groups is 2. The highest BCUT2D eigenvalue weighted by molar-refractivity contribution is 7.90. The van der Waals surface area contributed by atoms with Crippen molar-refractivity contribution in [3.8, 4) is 0 Å². The summed E-state index contributed by atoms with van der Waals surface area (Å²) in [7, 11) is -3.41. The van der Waals surface area contributed by atoms with Crippen LogP contribution < -0.4 is 5.32 Å². The molecule has 0 saturated carbocycles. The van der Waals surface area contributed by atoms with Crippen LogP contribution in [0.15, 0.2) is 42.5 Å². The van der Waals surface area contributed by atoms with E-state index < -0.39 is 39.3 Å². The van der Waals surface area contributed by atoms with Gasteiger partial charge in [0.05, 0.1) is 11.4 Å². The molecule has 6 nitrogen and oxygen atoms in total. The standard InChI is InChI=1S/C19H18F2N2O4S/c1-28(26,27)9-8-17(18(24)22-16-10-13(20)6-7-15(16)21)23-11-12-4-2-3-5-14(12)19(23)25/h2-7,10,17H,8-9,11H2,1H3,(H,22,24)/t17-/m0/s1. The molecule has 1 heterocycles. The molecule has 1 aliphatic rings. The maximum Gasteiger partial charge on any atom is 0.255 e. The lowest BCUT2D eigenvalue weighted by Crippen LogP contribution is -2.45. The van der Waals surface area contributed by atoms with E-state index in [1.54, 1.807) is 24.3 Å². The number of hydrogen-bond donors (Lipinski definition) is 1. The Labute approximate surface area is 161 Å². The number of hydrogen-bond acceptors (Lipinski definition) is 4. The minimum atomic E-state index is -3.41. The van der Waals surface area contributed by atoms with Crippen molar-refractivity contribution in [1.82, 2.24) is 4.90 Å². The summed E-state index contributed by atoms with van der Waals surface area (Å²) in [6.07, 6.45) is 0.857. The van der Waals surface area contributed by atoms with Crippen LogP contribution in [0.3, 0.4) is 0 Å². The maximum absolute atomic E-state index is 13.9. The third-order valence-electron chi connectivity index (χ3n) is 4.48. The number of benzene rings is 2. The minimum Gasteiger partial charge on any atom is -0.322 e. The van der Waals surface area contributed by atoms with Crippen molar-refractivity contribution in [2.24, 2.45) is 0 Å². The van der Waals surface area contributed by atoms with Crippen molar-refractivity contribution in [2.75, 3.05) is 17.3 Å². The van der Waals surface area contributed by atoms with Gasteiger partial charge in [-0.25, -0.2) is 17.2 Å². The molecule has 0 unspecified atom stereocenters. The fraction of sp³-hybridized carbons (Fsp3) is 0.263. The lowest BCUT2D eigenvalue weighted by atomic mass is 10.1. The summed E-state index contributed by atoms with van der Waals surface area (Å²) in [5, 5.41) is 2.27. The van der Waals surface area contributed by atoms with Crippen LogP contribution in [-0.4, -0.2) is 43.2 Å². The lowest BCUT2D eigenvalue weighted by Gasteiger charge is -2.27. The molecule has 0 aromatic heterocycles. The van der Waals surface area contributed by atoms with Gasteiger partial charge in [0.1, 0.15) is 27.5 Å². The second-order valence-corrected chi connectivity index (χ2v) is 8.90. The van der Waals surface area contributed by atoms with E-state index in [4.69, 9.17) is 0 Å². The Bertz CT molecular complexity index is 1040. The highest BCUT2D eigenvalue weighted by atomic mass is 32.2. The van der Waals surface area contributed by atoms with E-state index in [-0.39, 0.29) is 24.4 Å². The molecule has 0 saturated heterocycles. The molecule has 1 atom stereocenters. The van der Waals surface area contributed by atoms with E-state index in [1.165, 1.54) is 4.90 Å². The number of sulfone groups is 1. The maximum atomic E-state index is 13.9. The molecule has 0 fully saturated rings. The lowest BCUT2D eigenvalue weighted by molar-refractivity contribution is -0.120. The number of rotatable bonds is 6. The Morgan fingerprint density at radius 1 is 1.21 bits per heavy atom. The number of amides is 2. The summed E-state index contributed by atoms with van der Waals surface area (Å²) in [4.78, 5) is 26.7. The molecular formula is C19H18F2N2O4S. The van der Waals surface area contributed by atoms with Gasteiger partial charge in [0.15, 0.2) is 0 Å². The first-order chi connectivity index (χ1) is 13.2. The number of nitrogens with zero attached hydrogens (tertiary/aromatic N) is 1. The van der Waals surface area contributed by atoms with Crippen LogP contribution in [0.1, 0.15) is 22.3 Å². The monoisotopic (exact) mass is 408 g/mol. The number of halogens is 2. The highest BCUT2D eigenvalue weighted by Gasteiger charge is 2.36. The number of carbonyl (C=O) groups excluding carboxylic acids is 2. The molecular weight excluding hydrogens is 390 g/mol. The van der Waals surface area contributed by atoms with Crippen molar-refractivity contribution in [3.63, 3.8) is 0 Å². The predicted molar refractivity (Wildman–Crippen MR) is 99.4 cm³/mol. The van der Waals surface area contributed by atoms with E-state index in [0.717, 1.165) is 24.5 Å². The van der Waals surface area contributed by atoms with Crippen LogP contribution in [-0.2, 0) is 21.2 Å². The van der Waals surface area contributed by atoms with Crippen molar-refractivity contribution in [3.05, 3.63) is 65.2 Å². The highest BCUT2D eigenvalue weighted by Crippen LogP contribution is 2.26. The third-order valence-corrected chi connectivity index (χ3v) is 5.45. The molecule has 0 aliphatic carbocycles. The van der Waals surface area contributed by atoms with Gasteiger partial charge in [0.2, 0.25) is 5.91 Å². The zero-order valence-corrected chi connectivity index (χ0v) is 15.8. The van der Waals surface area contributed by atoms with Gasteiger partial charge in [-0.3, -0.25) is 9.59 Å². The Kier molecular flexibility index (Phi) is 5.46. The molecule has 2 aromatic carbocycles. The van der Waals surface area contributed by atoms with Gasteiger partial charge in [-0.05, 0) is 30.2 Å². The average Bonchev–Trinajstić information content (AvgIpc) is 2.94. The van der Waals surface area contributed by atoms with Gasteiger partial charge < -0.3 is 10.2 Å². The first-order valence-electron chi connectivity index (χ1n) is 8.48. The molecule has 9 heteroatoms.